The molecule has 5 nitrogen and oxygen atoms in total. The van der Waals surface area contributed by atoms with E-state index in [2.05, 4.69) is 4.90 Å². The van der Waals surface area contributed by atoms with Gasteiger partial charge in [0.25, 0.3) is 5.91 Å². The van der Waals surface area contributed by atoms with E-state index in [0.29, 0.717) is 19.6 Å². The molecule has 1 aromatic rings. The maximum Gasteiger partial charge on any atom is 0.256 e. The van der Waals surface area contributed by atoms with E-state index in [1.54, 1.807) is 4.90 Å². The Morgan fingerprint density at radius 3 is 2.81 bits per heavy atom. The maximum absolute atomic E-state index is 13.8. The fourth-order valence-corrected chi connectivity index (χ4v) is 2.56. The predicted octanol–water partition coefficient (Wildman–Crippen LogP) is 1.03. The lowest BCUT2D eigenvalue weighted by Crippen LogP contribution is -2.36. The van der Waals surface area contributed by atoms with Crippen molar-refractivity contribution in [2.24, 2.45) is 5.73 Å². The Labute approximate surface area is 124 Å². The third-order valence-electron chi connectivity index (χ3n) is 3.74. The average Bonchev–Trinajstić information content (AvgIpc) is 2.70. The third-order valence-corrected chi connectivity index (χ3v) is 3.74. The molecule has 116 valence electrons. The number of hydrogen-bond acceptors (Lipinski definition) is 4. The number of phenols is 1. The van der Waals surface area contributed by atoms with Gasteiger partial charge >= 0.3 is 0 Å². The van der Waals surface area contributed by atoms with Gasteiger partial charge in [0, 0.05) is 25.7 Å². The van der Waals surface area contributed by atoms with Crippen LogP contribution in [-0.4, -0.2) is 60.1 Å². The van der Waals surface area contributed by atoms with E-state index in [1.807, 2.05) is 0 Å². The Morgan fingerprint density at radius 1 is 1.29 bits per heavy atom. The Bertz CT molecular complexity index is 496. The van der Waals surface area contributed by atoms with Gasteiger partial charge in [0.15, 0.2) is 0 Å². The molecule has 1 fully saturated rings. The molecular formula is C15H22FN3O2. The standard InChI is InChI=1S/C15H22FN3O2/c16-14-11-12(20)3-4-13(14)15(21)19-8-2-7-18(9-10-19)6-1-5-17/h3-4,11,20H,1-2,5-10,17H2. The molecule has 1 aliphatic rings. The molecule has 0 saturated carbocycles. The van der Waals surface area contributed by atoms with E-state index >= 15 is 0 Å². The van der Waals surface area contributed by atoms with Gasteiger partial charge in [-0.05, 0) is 44.6 Å². The van der Waals surface area contributed by atoms with Gasteiger partial charge in [-0.25, -0.2) is 4.39 Å². The number of amides is 1. The summed E-state index contributed by atoms with van der Waals surface area (Å²) < 4.78 is 13.8. The average molecular weight is 295 g/mol. The van der Waals surface area contributed by atoms with Crippen molar-refractivity contribution in [2.75, 3.05) is 39.3 Å². The number of halogens is 1. The molecule has 1 heterocycles. The summed E-state index contributed by atoms with van der Waals surface area (Å²) >= 11 is 0. The number of nitrogens with zero attached hydrogens (tertiary/aromatic N) is 2. The predicted molar refractivity (Wildman–Crippen MR) is 78.7 cm³/mol. The van der Waals surface area contributed by atoms with Crippen LogP contribution >= 0.6 is 0 Å². The first kappa shape index (κ1) is 15.7. The Hall–Kier alpha value is -1.66. The number of nitrogens with two attached hydrogens (primary N) is 1. The first-order valence-corrected chi connectivity index (χ1v) is 7.32. The topological polar surface area (TPSA) is 69.8 Å². The summed E-state index contributed by atoms with van der Waals surface area (Å²) in [5.41, 5.74) is 5.53. The zero-order chi connectivity index (χ0) is 15.2. The number of phenolic OH excluding ortho intramolecular Hbond substituents is 1. The normalized spacial score (nSPS) is 16.8. The van der Waals surface area contributed by atoms with Crippen molar-refractivity contribution < 1.29 is 14.3 Å². The number of carbonyl (C=O) groups excluding carboxylic acids is 1. The van der Waals surface area contributed by atoms with E-state index in [-0.39, 0.29) is 17.2 Å². The molecule has 3 N–H and O–H groups in total. The molecule has 0 spiro atoms. The van der Waals surface area contributed by atoms with Crippen LogP contribution in [0.1, 0.15) is 23.2 Å². The highest BCUT2D eigenvalue weighted by atomic mass is 19.1. The van der Waals surface area contributed by atoms with Crippen molar-refractivity contribution in [3.63, 3.8) is 0 Å². The minimum absolute atomic E-state index is 0.0169. The summed E-state index contributed by atoms with van der Waals surface area (Å²) in [5, 5.41) is 9.21. The monoisotopic (exact) mass is 295 g/mol. The highest BCUT2D eigenvalue weighted by Gasteiger charge is 2.22. The van der Waals surface area contributed by atoms with Crippen molar-refractivity contribution in [1.29, 1.82) is 0 Å². The summed E-state index contributed by atoms with van der Waals surface area (Å²) in [6, 6.07) is 3.64. The van der Waals surface area contributed by atoms with Crippen molar-refractivity contribution in [1.82, 2.24) is 9.80 Å². The van der Waals surface area contributed by atoms with E-state index in [0.717, 1.165) is 38.5 Å². The van der Waals surface area contributed by atoms with Gasteiger partial charge in [-0.2, -0.15) is 0 Å². The fraction of sp³-hybridized carbons (Fsp3) is 0.533. The van der Waals surface area contributed by atoms with Gasteiger partial charge in [-0.3, -0.25) is 4.79 Å². The summed E-state index contributed by atoms with van der Waals surface area (Å²) in [4.78, 5) is 16.3. The van der Waals surface area contributed by atoms with Crippen LogP contribution in [0.3, 0.4) is 0 Å². The van der Waals surface area contributed by atoms with Crippen LogP contribution < -0.4 is 5.73 Å². The molecule has 1 amide bonds. The lowest BCUT2D eigenvalue weighted by Gasteiger charge is -2.22. The quantitative estimate of drug-likeness (QED) is 0.870. The van der Waals surface area contributed by atoms with Crippen molar-refractivity contribution in [2.45, 2.75) is 12.8 Å². The number of aromatic hydroxyl groups is 1. The van der Waals surface area contributed by atoms with Crippen LogP contribution in [0.5, 0.6) is 5.75 Å². The zero-order valence-electron chi connectivity index (χ0n) is 12.1. The Morgan fingerprint density at radius 2 is 2.10 bits per heavy atom. The van der Waals surface area contributed by atoms with Gasteiger partial charge in [0.2, 0.25) is 0 Å². The minimum Gasteiger partial charge on any atom is -0.508 e. The van der Waals surface area contributed by atoms with Crippen LogP contribution in [0.4, 0.5) is 4.39 Å². The van der Waals surface area contributed by atoms with E-state index in [1.165, 1.54) is 12.1 Å². The largest absolute Gasteiger partial charge is 0.508 e. The van der Waals surface area contributed by atoms with Gasteiger partial charge in [0.05, 0.1) is 5.56 Å². The SMILES string of the molecule is NCCCN1CCCN(C(=O)c2ccc(O)cc2F)CC1. The highest BCUT2D eigenvalue weighted by Crippen LogP contribution is 2.17. The molecule has 0 atom stereocenters. The number of rotatable bonds is 4. The molecule has 6 heteroatoms. The molecule has 0 radical (unpaired) electrons. The Balaban J connectivity index is 1.99. The fourth-order valence-electron chi connectivity index (χ4n) is 2.56. The second kappa shape index (κ2) is 7.38. The molecule has 21 heavy (non-hydrogen) atoms. The van der Waals surface area contributed by atoms with Gasteiger partial charge in [-0.1, -0.05) is 0 Å². The highest BCUT2D eigenvalue weighted by molar-refractivity contribution is 5.94. The Kier molecular flexibility index (Phi) is 5.52. The molecule has 0 aromatic heterocycles. The maximum atomic E-state index is 13.8. The van der Waals surface area contributed by atoms with E-state index < -0.39 is 5.82 Å². The van der Waals surface area contributed by atoms with Crippen molar-refractivity contribution in [3.8, 4) is 5.75 Å². The molecule has 0 unspecified atom stereocenters. The summed E-state index contributed by atoms with van der Waals surface area (Å²) in [6.45, 7) is 4.53. The lowest BCUT2D eigenvalue weighted by molar-refractivity contribution is 0.0756. The van der Waals surface area contributed by atoms with Crippen molar-refractivity contribution >= 4 is 5.91 Å². The first-order chi connectivity index (χ1) is 10.1. The van der Waals surface area contributed by atoms with Gasteiger partial charge < -0.3 is 20.6 Å². The molecule has 0 aliphatic carbocycles. The molecular weight excluding hydrogens is 273 g/mol. The van der Waals surface area contributed by atoms with Gasteiger partial charge in [-0.15, -0.1) is 0 Å². The molecule has 2 rings (SSSR count). The van der Waals surface area contributed by atoms with Crippen LogP contribution in [0.25, 0.3) is 0 Å². The summed E-state index contributed by atoms with van der Waals surface area (Å²) in [5.74, 6) is -1.16. The van der Waals surface area contributed by atoms with E-state index in [9.17, 15) is 14.3 Å². The molecule has 0 bridgehead atoms. The van der Waals surface area contributed by atoms with Crippen LogP contribution in [0.15, 0.2) is 18.2 Å². The zero-order valence-corrected chi connectivity index (χ0v) is 12.1. The smallest absolute Gasteiger partial charge is 0.256 e. The van der Waals surface area contributed by atoms with Gasteiger partial charge in [0.1, 0.15) is 11.6 Å². The minimum atomic E-state index is -0.677. The van der Waals surface area contributed by atoms with Crippen LogP contribution in [-0.2, 0) is 0 Å². The lowest BCUT2D eigenvalue weighted by atomic mass is 10.1. The number of carbonyl (C=O) groups is 1. The second-order valence-electron chi connectivity index (χ2n) is 5.29. The third kappa shape index (κ3) is 4.15. The summed E-state index contributed by atoms with van der Waals surface area (Å²) in [6.07, 6.45) is 1.82. The summed E-state index contributed by atoms with van der Waals surface area (Å²) in [7, 11) is 0. The van der Waals surface area contributed by atoms with Crippen LogP contribution in [0, 0.1) is 5.82 Å². The number of hydrogen-bond donors (Lipinski definition) is 2. The van der Waals surface area contributed by atoms with Crippen molar-refractivity contribution in [3.05, 3.63) is 29.6 Å². The van der Waals surface area contributed by atoms with E-state index in [4.69, 9.17) is 5.73 Å². The molecule has 1 aliphatic heterocycles. The first-order valence-electron chi connectivity index (χ1n) is 7.32. The van der Waals surface area contributed by atoms with Crippen LogP contribution in [0.2, 0.25) is 0 Å². The second-order valence-corrected chi connectivity index (χ2v) is 5.29. The molecule has 1 aromatic carbocycles. The molecule has 1 saturated heterocycles. The number of benzene rings is 1.